The van der Waals surface area contributed by atoms with Gasteiger partial charge < -0.3 is 9.84 Å². The second-order valence-electron chi connectivity index (χ2n) is 3.85. The van der Waals surface area contributed by atoms with Crippen molar-refractivity contribution >= 4 is 0 Å². The fraction of sp³-hybridized carbons (Fsp3) is 0.455. The highest BCUT2D eigenvalue weighted by atomic mass is 19.1. The van der Waals surface area contributed by atoms with E-state index < -0.39 is 0 Å². The van der Waals surface area contributed by atoms with Gasteiger partial charge in [0.1, 0.15) is 17.2 Å². The van der Waals surface area contributed by atoms with Gasteiger partial charge in [0.25, 0.3) is 0 Å². The van der Waals surface area contributed by atoms with Crippen LogP contribution < -0.4 is 4.74 Å². The third kappa shape index (κ3) is 1.73. The van der Waals surface area contributed by atoms with Crippen molar-refractivity contribution in [3.63, 3.8) is 0 Å². The minimum absolute atomic E-state index is 0.0312. The summed E-state index contributed by atoms with van der Waals surface area (Å²) in [6.07, 6.45) is 1.75. The first-order chi connectivity index (χ1) is 6.65. The molecule has 1 aliphatic rings. The molecule has 1 aromatic carbocycles. The summed E-state index contributed by atoms with van der Waals surface area (Å²) in [4.78, 5) is 0. The zero-order chi connectivity index (χ0) is 10.2. The molecule has 14 heavy (non-hydrogen) atoms. The summed E-state index contributed by atoms with van der Waals surface area (Å²) >= 11 is 0. The molecule has 1 fully saturated rings. The van der Waals surface area contributed by atoms with E-state index in [-0.39, 0.29) is 18.0 Å². The van der Waals surface area contributed by atoms with Gasteiger partial charge in [-0.25, -0.2) is 4.39 Å². The van der Waals surface area contributed by atoms with Gasteiger partial charge in [0.05, 0.1) is 6.61 Å². The number of benzene rings is 1. The molecule has 2 rings (SSSR count). The highest BCUT2D eigenvalue weighted by molar-refractivity contribution is 5.30. The average molecular weight is 196 g/mol. The first-order valence-electron chi connectivity index (χ1n) is 4.71. The largest absolute Gasteiger partial charge is 0.485 e. The number of aliphatic hydroxyl groups excluding tert-OH is 1. The summed E-state index contributed by atoms with van der Waals surface area (Å²) < 4.78 is 18.5. The highest BCUT2D eigenvalue weighted by Gasteiger charge is 2.45. The fourth-order valence-corrected chi connectivity index (χ4v) is 1.36. The monoisotopic (exact) mass is 196 g/mol. The Hall–Kier alpha value is -1.09. The van der Waals surface area contributed by atoms with Crippen LogP contribution in [0.25, 0.3) is 0 Å². The number of halogens is 1. The number of ether oxygens (including phenoxy) is 1. The Labute approximate surface area is 82.3 Å². The molecular weight excluding hydrogens is 183 g/mol. The summed E-state index contributed by atoms with van der Waals surface area (Å²) in [5, 5.41) is 9.04. The van der Waals surface area contributed by atoms with Crippen LogP contribution in [0.3, 0.4) is 0 Å². The minimum Gasteiger partial charge on any atom is -0.485 e. The maximum absolute atomic E-state index is 12.9. The van der Waals surface area contributed by atoms with Gasteiger partial charge in [0, 0.05) is 0 Å². The molecule has 3 heteroatoms. The predicted molar refractivity (Wildman–Crippen MR) is 50.8 cm³/mol. The van der Waals surface area contributed by atoms with Crippen molar-refractivity contribution in [3.8, 4) is 5.75 Å². The van der Waals surface area contributed by atoms with Crippen LogP contribution in [-0.4, -0.2) is 17.3 Å². The summed E-state index contributed by atoms with van der Waals surface area (Å²) in [6, 6.07) is 4.64. The number of hydrogen-bond acceptors (Lipinski definition) is 2. The highest BCUT2D eigenvalue weighted by Crippen LogP contribution is 2.39. The second kappa shape index (κ2) is 3.24. The standard InChI is InChI=1S/C11H13FO2/c1-8-6-9(2-3-10(8)12)14-11(7-13)4-5-11/h2-3,6,13H,4-5,7H2,1H3. The summed E-state index contributed by atoms with van der Waals surface area (Å²) in [7, 11) is 0. The molecule has 0 bridgehead atoms. The SMILES string of the molecule is Cc1cc(OC2(CO)CC2)ccc1F. The van der Waals surface area contributed by atoms with E-state index in [2.05, 4.69) is 0 Å². The lowest BCUT2D eigenvalue weighted by Gasteiger charge is -2.15. The van der Waals surface area contributed by atoms with Crippen molar-refractivity contribution in [2.24, 2.45) is 0 Å². The average Bonchev–Trinajstić information content (AvgIpc) is 2.93. The molecule has 1 saturated carbocycles. The molecule has 76 valence electrons. The number of rotatable bonds is 3. The zero-order valence-electron chi connectivity index (χ0n) is 8.09. The van der Waals surface area contributed by atoms with Crippen molar-refractivity contribution < 1.29 is 14.2 Å². The Morgan fingerprint density at radius 3 is 2.71 bits per heavy atom. The van der Waals surface area contributed by atoms with E-state index in [1.54, 1.807) is 19.1 Å². The Balaban J connectivity index is 2.14. The van der Waals surface area contributed by atoms with Crippen LogP contribution in [0, 0.1) is 12.7 Å². The zero-order valence-corrected chi connectivity index (χ0v) is 8.09. The molecule has 2 nitrogen and oxygen atoms in total. The molecule has 0 spiro atoms. The van der Waals surface area contributed by atoms with Crippen molar-refractivity contribution in [1.82, 2.24) is 0 Å². The second-order valence-corrected chi connectivity index (χ2v) is 3.85. The van der Waals surface area contributed by atoms with Crippen LogP contribution in [-0.2, 0) is 0 Å². The maximum atomic E-state index is 12.9. The molecular formula is C11H13FO2. The minimum atomic E-state index is -0.385. The Kier molecular flexibility index (Phi) is 2.19. The van der Waals surface area contributed by atoms with E-state index in [0.717, 1.165) is 12.8 Å². The van der Waals surface area contributed by atoms with Crippen LogP contribution in [0.15, 0.2) is 18.2 Å². The molecule has 0 atom stereocenters. The topological polar surface area (TPSA) is 29.5 Å². The molecule has 0 aromatic heterocycles. The van der Waals surface area contributed by atoms with E-state index in [1.165, 1.54) is 6.07 Å². The third-order valence-corrected chi connectivity index (χ3v) is 2.56. The summed E-state index contributed by atoms with van der Waals surface area (Å²) in [5.41, 5.74) is 0.181. The van der Waals surface area contributed by atoms with Gasteiger partial charge in [0.15, 0.2) is 0 Å². The first-order valence-corrected chi connectivity index (χ1v) is 4.71. The lowest BCUT2D eigenvalue weighted by atomic mass is 10.2. The van der Waals surface area contributed by atoms with E-state index in [1.807, 2.05) is 0 Å². The van der Waals surface area contributed by atoms with Gasteiger partial charge >= 0.3 is 0 Å². The molecule has 0 amide bonds. The smallest absolute Gasteiger partial charge is 0.132 e. The molecule has 0 heterocycles. The third-order valence-electron chi connectivity index (χ3n) is 2.56. The molecule has 0 aliphatic heterocycles. The molecule has 0 radical (unpaired) electrons. The van der Waals surface area contributed by atoms with Crippen molar-refractivity contribution in [1.29, 1.82) is 0 Å². The Bertz CT molecular complexity index is 345. The number of aliphatic hydroxyl groups is 1. The Morgan fingerprint density at radius 1 is 1.50 bits per heavy atom. The molecule has 0 unspecified atom stereocenters. The summed E-state index contributed by atoms with van der Waals surface area (Å²) in [6.45, 7) is 1.73. The van der Waals surface area contributed by atoms with E-state index in [0.29, 0.717) is 11.3 Å². The number of hydrogen-bond donors (Lipinski definition) is 1. The lowest BCUT2D eigenvalue weighted by molar-refractivity contribution is 0.0952. The van der Waals surface area contributed by atoms with Gasteiger partial charge in [-0.2, -0.15) is 0 Å². The van der Waals surface area contributed by atoms with Gasteiger partial charge in [-0.1, -0.05) is 0 Å². The normalized spacial score (nSPS) is 17.9. The fourth-order valence-electron chi connectivity index (χ4n) is 1.36. The van der Waals surface area contributed by atoms with Crippen molar-refractivity contribution in [2.75, 3.05) is 6.61 Å². The van der Waals surface area contributed by atoms with Gasteiger partial charge in [0.2, 0.25) is 0 Å². The van der Waals surface area contributed by atoms with Crippen LogP contribution in [0.2, 0.25) is 0 Å². The molecule has 0 saturated heterocycles. The quantitative estimate of drug-likeness (QED) is 0.801. The van der Waals surface area contributed by atoms with Crippen molar-refractivity contribution in [2.45, 2.75) is 25.4 Å². The molecule has 1 N–H and O–H groups in total. The number of aryl methyl sites for hydroxylation is 1. The van der Waals surface area contributed by atoms with Crippen molar-refractivity contribution in [3.05, 3.63) is 29.6 Å². The summed E-state index contributed by atoms with van der Waals surface area (Å²) in [5.74, 6) is 0.404. The maximum Gasteiger partial charge on any atom is 0.132 e. The predicted octanol–water partition coefficient (Wildman–Crippen LogP) is 2.04. The van der Waals surface area contributed by atoms with Crippen LogP contribution in [0.5, 0.6) is 5.75 Å². The molecule has 1 aliphatic carbocycles. The van der Waals surface area contributed by atoms with E-state index in [9.17, 15) is 4.39 Å². The van der Waals surface area contributed by atoms with E-state index in [4.69, 9.17) is 9.84 Å². The van der Waals surface area contributed by atoms with Gasteiger partial charge in [-0.3, -0.25) is 0 Å². The first kappa shape index (κ1) is 9.46. The van der Waals surface area contributed by atoms with E-state index >= 15 is 0 Å². The Morgan fingerprint density at radius 2 is 2.21 bits per heavy atom. The molecule has 1 aromatic rings. The van der Waals surface area contributed by atoms with Crippen LogP contribution in [0.4, 0.5) is 4.39 Å². The van der Waals surface area contributed by atoms with Crippen LogP contribution >= 0.6 is 0 Å². The van der Waals surface area contributed by atoms with Crippen LogP contribution in [0.1, 0.15) is 18.4 Å². The lowest BCUT2D eigenvalue weighted by Crippen LogP contribution is -2.22. The van der Waals surface area contributed by atoms with Gasteiger partial charge in [-0.15, -0.1) is 0 Å². The van der Waals surface area contributed by atoms with Gasteiger partial charge in [-0.05, 0) is 43.5 Å².